The molecule has 0 spiro atoms. The van der Waals surface area contributed by atoms with Gasteiger partial charge in [0.2, 0.25) is 0 Å². The van der Waals surface area contributed by atoms with Crippen LogP contribution >= 0.6 is 0 Å². The first-order valence-electron chi connectivity index (χ1n) is 6.56. The van der Waals surface area contributed by atoms with E-state index in [1.165, 1.54) is 5.69 Å². The van der Waals surface area contributed by atoms with Gasteiger partial charge in [-0.25, -0.2) is 4.98 Å². The zero-order chi connectivity index (χ0) is 13.5. The average molecular weight is 260 g/mol. The van der Waals surface area contributed by atoms with Crippen molar-refractivity contribution < 1.29 is 0 Å². The maximum atomic E-state index is 4.44. The van der Waals surface area contributed by atoms with Crippen molar-refractivity contribution in [2.45, 2.75) is 19.8 Å². The smallest absolute Gasteiger partial charge is 0.146 e. The Hall–Kier alpha value is -2.11. The Morgan fingerprint density at radius 3 is 2.53 bits per heavy atom. The lowest BCUT2D eigenvalue weighted by Crippen LogP contribution is -2.10. The maximum absolute atomic E-state index is 4.44. The lowest BCUT2D eigenvalue weighted by Gasteiger charge is -2.08. The van der Waals surface area contributed by atoms with E-state index in [4.69, 9.17) is 0 Å². The van der Waals surface area contributed by atoms with Crippen LogP contribution in [0, 0.1) is 0 Å². The topological polar surface area (TPSA) is 67.7 Å². The van der Waals surface area contributed by atoms with Crippen LogP contribution in [0.2, 0.25) is 0 Å². The van der Waals surface area contributed by atoms with Crippen molar-refractivity contribution in [1.29, 1.82) is 0 Å². The van der Waals surface area contributed by atoms with Gasteiger partial charge in [0, 0.05) is 38.4 Å². The van der Waals surface area contributed by atoms with Gasteiger partial charge in [-0.3, -0.25) is 9.67 Å². The van der Waals surface area contributed by atoms with Gasteiger partial charge in [-0.15, -0.1) is 0 Å². The van der Waals surface area contributed by atoms with Crippen LogP contribution in [-0.2, 0) is 13.5 Å². The third-order valence-electron chi connectivity index (χ3n) is 2.80. The Labute approximate surface area is 113 Å². The molecule has 6 heteroatoms. The van der Waals surface area contributed by atoms with Gasteiger partial charge in [-0.05, 0) is 12.5 Å². The summed E-state index contributed by atoms with van der Waals surface area (Å²) in [7, 11) is 1.95. The van der Waals surface area contributed by atoms with Gasteiger partial charge in [-0.2, -0.15) is 5.10 Å². The van der Waals surface area contributed by atoms with Crippen molar-refractivity contribution >= 4 is 11.6 Å². The number of nitrogens with one attached hydrogen (secondary N) is 2. The molecular weight excluding hydrogens is 240 g/mol. The lowest BCUT2D eigenvalue weighted by atomic mass is 10.3. The van der Waals surface area contributed by atoms with Gasteiger partial charge in [0.1, 0.15) is 11.6 Å². The highest BCUT2D eigenvalue weighted by atomic mass is 15.3. The molecule has 0 aliphatic carbocycles. The Morgan fingerprint density at radius 2 is 1.89 bits per heavy atom. The first-order chi connectivity index (χ1) is 9.29. The molecule has 6 nitrogen and oxygen atoms in total. The van der Waals surface area contributed by atoms with Gasteiger partial charge < -0.3 is 10.6 Å². The molecule has 0 atom stereocenters. The zero-order valence-electron chi connectivity index (χ0n) is 11.4. The van der Waals surface area contributed by atoms with Gasteiger partial charge in [0.05, 0.1) is 12.4 Å². The molecular formula is C13H20N6. The van der Waals surface area contributed by atoms with E-state index in [9.17, 15) is 0 Å². The van der Waals surface area contributed by atoms with Crippen LogP contribution in [0.1, 0.15) is 19.0 Å². The molecule has 0 bridgehead atoms. The monoisotopic (exact) mass is 260 g/mol. The number of aryl methyl sites for hydroxylation is 1. The fraction of sp³-hybridized carbons (Fsp3) is 0.462. The summed E-state index contributed by atoms with van der Waals surface area (Å²) < 4.78 is 1.88. The van der Waals surface area contributed by atoms with Gasteiger partial charge >= 0.3 is 0 Å². The van der Waals surface area contributed by atoms with Crippen LogP contribution in [0.15, 0.2) is 24.7 Å². The molecule has 2 aromatic heterocycles. The predicted octanol–water partition coefficient (Wildman–Crippen LogP) is 1.69. The number of hydrogen-bond acceptors (Lipinski definition) is 5. The Morgan fingerprint density at radius 1 is 1.16 bits per heavy atom. The quantitative estimate of drug-likeness (QED) is 0.793. The van der Waals surface area contributed by atoms with Crippen molar-refractivity contribution in [2.24, 2.45) is 7.05 Å². The van der Waals surface area contributed by atoms with E-state index in [1.807, 2.05) is 24.0 Å². The van der Waals surface area contributed by atoms with E-state index < -0.39 is 0 Å². The summed E-state index contributed by atoms with van der Waals surface area (Å²) in [6.45, 7) is 3.84. The second-order valence-corrected chi connectivity index (χ2v) is 4.34. The predicted molar refractivity (Wildman–Crippen MR) is 76.2 cm³/mol. The van der Waals surface area contributed by atoms with Crippen molar-refractivity contribution in [3.05, 3.63) is 30.4 Å². The van der Waals surface area contributed by atoms with E-state index in [0.717, 1.165) is 37.6 Å². The Bertz CT molecular complexity index is 507. The summed E-state index contributed by atoms with van der Waals surface area (Å²) in [6, 6.07) is 2.02. The van der Waals surface area contributed by atoms with E-state index in [-0.39, 0.29) is 0 Å². The molecule has 19 heavy (non-hydrogen) atoms. The summed E-state index contributed by atoms with van der Waals surface area (Å²) in [5.74, 6) is 1.61. The molecule has 2 aromatic rings. The van der Waals surface area contributed by atoms with Crippen LogP contribution in [0.3, 0.4) is 0 Å². The Kier molecular flexibility index (Phi) is 4.72. The molecule has 102 valence electrons. The molecule has 0 saturated heterocycles. The molecule has 0 amide bonds. The molecule has 0 aliphatic rings. The van der Waals surface area contributed by atoms with Crippen LogP contribution in [-0.4, -0.2) is 32.8 Å². The molecule has 2 rings (SSSR count). The SMILES string of the molecule is CCCNc1cncc(NCCc2ccnn2C)n1. The highest BCUT2D eigenvalue weighted by Gasteiger charge is 2.00. The van der Waals surface area contributed by atoms with Crippen LogP contribution in [0.4, 0.5) is 11.6 Å². The number of hydrogen-bond donors (Lipinski definition) is 2. The highest BCUT2D eigenvalue weighted by Crippen LogP contribution is 2.07. The van der Waals surface area contributed by atoms with E-state index in [1.54, 1.807) is 12.4 Å². The lowest BCUT2D eigenvalue weighted by molar-refractivity contribution is 0.711. The number of rotatable bonds is 7. The molecule has 2 N–H and O–H groups in total. The summed E-state index contributed by atoms with van der Waals surface area (Å²) in [4.78, 5) is 8.61. The second kappa shape index (κ2) is 6.72. The van der Waals surface area contributed by atoms with Gasteiger partial charge in [0.15, 0.2) is 0 Å². The van der Waals surface area contributed by atoms with Crippen molar-refractivity contribution in [2.75, 3.05) is 23.7 Å². The van der Waals surface area contributed by atoms with Crippen molar-refractivity contribution in [3.63, 3.8) is 0 Å². The fourth-order valence-electron chi connectivity index (χ4n) is 1.75. The summed E-state index contributed by atoms with van der Waals surface area (Å²) >= 11 is 0. The first kappa shape index (κ1) is 13.3. The van der Waals surface area contributed by atoms with Crippen LogP contribution < -0.4 is 10.6 Å². The van der Waals surface area contributed by atoms with Crippen molar-refractivity contribution in [3.8, 4) is 0 Å². The first-order valence-corrected chi connectivity index (χ1v) is 6.56. The van der Waals surface area contributed by atoms with Crippen molar-refractivity contribution in [1.82, 2.24) is 19.7 Å². The average Bonchev–Trinajstić information content (AvgIpc) is 2.83. The minimum atomic E-state index is 0.795. The second-order valence-electron chi connectivity index (χ2n) is 4.34. The normalized spacial score (nSPS) is 10.4. The highest BCUT2D eigenvalue weighted by molar-refractivity contribution is 5.41. The Balaban J connectivity index is 1.84. The van der Waals surface area contributed by atoms with Gasteiger partial charge in [-0.1, -0.05) is 6.92 Å². The number of nitrogens with zero attached hydrogens (tertiary/aromatic N) is 4. The molecule has 2 heterocycles. The molecule has 0 saturated carbocycles. The standard InChI is InChI=1S/C13H20N6/c1-3-6-15-12-9-14-10-13(18-12)16-7-4-11-5-8-17-19(11)2/h5,8-10H,3-4,6-7H2,1-2H3,(H2,15,16,18). The van der Waals surface area contributed by atoms with Crippen LogP contribution in [0.5, 0.6) is 0 Å². The molecule has 0 radical (unpaired) electrons. The largest absolute Gasteiger partial charge is 0.369 e. The van der Waals surface area contributed by atoms with Crippen LogP contribution in [0.25, 0.3) is 0 Å². The van der Waals surface area contributed by atoms with E-state index >= 15 is 0 Å². The fourth-order valence-corrected chi connectivity index (χ4v) is 1.75. The minimum absolute atomic E-state index is 0.795. The molecule has 0 unspecified atom stereocenters. The molecule has 0 aromatic carbocycles. The third-order valence-corrected chi connectivity index (χ3v) is 2.80. The summed E-state index contributed by atoms with van der Waals surface area (Å²) in [6.07, 6.45) is 7.26. The molecule has 0 fully saturated rings. The minimum Gasteiger partial charge on any atom is -0.369 e. The maximum Gasteiger partial charge on any atom is 0.146 e. The summed E-state index contributed by atoms with van der Waals surface area (Å²) in [5, 5.41) is 10.6. The van der Waals surface area contributed by atoms with Gasteiger partial charge in [0.25, 0.3) is 0 Å². The third kappa shape index (κ3) is 3.94. The number of aromatic nitrogens is 4. The van der Waals surface area contributed by atoms with E-state index in [2.05, 4.69) is 32.6 Å². The number of anilines is 2. The summed E-state index contributed by atoms with van der Waals surface area (Å²) in [5.41, 5.74) is 1.20. The molecule has 0 aliphatic heterocycles. The zero-order valence-corrected chi connectivity index (χ0v) is 11.4. The van der Waals surface area contributed by atoms with E-state index in [0.29, 0.717) is 0 Å².